The highest BCUT2D eigenvalue weighted by Gasteiger charge is 2.32. The number of nitrogens with one attached hydrogen (secondary N) is 2. The lowest BCUT2D eigenvalue weighted by Gasteiger charge is -2.40. The minimum atomic E-state index is -1.03. The minimum absolute atomic E-state index is 0.156. The van der Waals surface area contributed by atoms with E-state index >= 15 is 0 Å². The smallest absolute Gasteiger partial charge is 0.321 e. The van der Waals surface area contributed by atoms with Crippen LogP contribution in [-0.2, 0) is 11.8 Å². The van der Waals surface area contributed by atoms with Crippen LogP contribution in [0.25, 0.3) is 11.1 Å². The Kier molecular flexibility index (Phi) is 6.08. The first kappa shape index (κ1) is 22.8. The number of aromatic nitrogens is 2. The molecular weight excluding hydrogens is 458 g/mol. The maximum absolute atomic E-state index is 13.5. The molecule has 5 rings (SSSR count). The molecule has 1 aromatic heterocycles. The van der Waals surface area contributed by atoms with Gasteiger partial charge in [0.15, 0.2) is 11.6 Å². The predicted octanol–water partition coefficient (Wildman–Crippen LogP) is 2.91. The van der Waals surface area contributed by atoms with Gasteiger partial charge < -0.3 is 20.3 Å². The number of piperazine rings is 1. The van der Waals surface area contributed by atoms with E-state index in [0.29, 0.717) is 31.1 Å². The van der Waals surface area contributed by atoms with Gasteiger partial charge in [-0.2, -0.15) is 5.10 Å². The van der Waals surface area contributed by atoms with Crippen LogP contribution in [0.2, 0.25) is 0 Å². The van der Waals surface area contributed by atoms with Crippen molar-refractivity contribution in [3.05, 3.63) is 60.4 Å². The van der Waals surface area contributed by atoms with Crippen molar-refractivity contribution in [2.45, 2.75) is 6.04 Å². The highest BCUT2D eigenvalue weighted by Crippen LogP contribution is 2.32. The third kappa shape index (κ3) is 4.94. The number of ether oxygens (including phenoxy) is 1. The SMILES string of the molecule is Cn1cc(-c2ccc3c(c2)NC(=O)CN2CCN(C(=O)Nc4ccc(F)c(F)c4)C[C@H]2CO3)cn1. The van der Waals surface area contributed by atoms with Crippen LogP contribution in [0.3, 0.4) is 0 Å². The molecule has 35 heavy (non-hydrogen) atoms. The van der Waals surface area contributed by atoms with Crippen molar-refractivity contribution in [3.63, 3.8) is 0 Å². The number of anilines is 2. The Morgan fingerprint density at radius 2 is 2.00 bits per heavy atom. The molecular formula is C24H24F2N6O3. The summed E-state index contributed by atoms with van der Waals surface area (Å²) in [6.45, 7) is 1.57. The lowest BCUT2D eigenvalue weighted by molar-refractivity contribution is -0.118. The fourth-order valence-corrected chi connectivity index (χ4v) is 4.28. The fraction of sp³-hybridized carbons (Fsp3) is 0.292. The molecule has 1 atom stereocenters. The molecule has 0 saturated carbocycles. The molecule has 11 heteroatoms. The van der Waals surface area contributed by atoms with Gasteiger partial charge in [-0.1, -0.05) is 6.07 Å². The first-order chi connectivity index (χ1) is 16.9. The maximum atomic E-state index is 13.5. The molecule has 2 N–H and O–H groups in total. The van der Waals surface area contributed by atoms with E-state index < -0.39 is 17.7 Å². The summed E-state index contributed by atoms with van der Waals surface area (Å²) in [5.74, 6) is -1.65. The van der Waals surface area contributed by atoms with Gasteiger partial charge in [0.25, 0.3) is 0 Å². The van der Waals surface area contributed by atoms with Crippen molar-refractivity contribution in [2.75, 3.05) is 43.4 Å². The number of urea groups is 1. The van der Waals surface area contributed by atoms with Crippen LogP contribution in [0.15, 0.2) is 48.8 Å². The summed E-state index contributed by atoms with van der Waals surface area (Å²) in [6, 6.07) is 8.12. The van der Waals surface area contributed by atoms with E-state index in [-0.39, 0.29) is 30.8 Å². The monoisotopic (exact) mass is 482 g/mol. The zero-order valence-electron chi connectivity index (χ0n) is 19.0. The Morgan fingerprint density at radius 3 is 2.77 bits per heavy atom. The molecule has 0 radical (unpaired) electrons. The molecule has 2 aliphatic heterocycles. The van der Waals surface area contributed by atoms with Gasteiger partial charge in [-0.25, -0.2) is 13.6 Å². The van der Waals surface area contributed by atoms with Gasteiger partial charge in [0.1, 0.15) is 12.4 Å². The number of fused-ring (bicyclic) bond motifs is 2. The second-order valence-electron chi connectivity index (χ2n) is 8.60. The Morgan fingerprint density at radius 1 is 1.14 bits per heavy atom. The molecule has 0 spiro atoms. The average molecular weight is 482 g/mol. The Bertz CT molecular complexity index is 1280. The van der Waals surface area contributed by atoms with Gasteiger partial charge in [0, 0.05) is 50.2 Å². The molecule has 182 valence electrons. The van der Waals surface area contributed by atoms with E-state index in [2.05, 4.69) is 15.7 Å². The number of hydrogen-bond acceptors (Lipinski definition) is 5. The van der Waals surface area contributed by atoms with Gasteiger partial charge in [-0.3, -0.25) is 14.4 Å². The Balaban J connectivity index is 1.30. The van der Waals surface area contributed by atoms with Gasteiger partial charge >= 0.3 is 6.03 Å². The topological polar surface area (TPSA) is 91.7 Å². The molecule has 3 amide bonds. The number of nitrogens with zero attached hydrogens (tertiary/aromatic N) is 4. The van der Waals surface area contributed by atoms with Crippen molar-refractivity contribution in [2.24, 2.45) is 7.05 Å². The van der Waals surface area contributed by atoms with Crippen LogP contribution in [0, 0.1) is 11.6 Å². The van der Waals surface area contributed by atoms with E-state index in [1.807, 2.05) is 36.3 Å². The van der Waals surface area contributed by atoms with Crippen LogP contribution in [0.1, 0.15) is 0 Å². The van der Waals surface area contributed by atoms with Crippen LogP contribution in [-0.4, -0.2) is 70.3 Å². The highest BCUT2D eigenvalue weighted by atomic mass is 19.2. The predicted molar refractivity (Wildman–Crippen MR) is 125 cm³/mol. The van der Waals surface area contributed by atoms with Gasteiger partial charge in [-0.15, -0.1) is 0 Å². The molecule has 1 saturated heterocycles. The van der Waals surface area contributed by atoms with Crippen LogP contribution < -0.4 is 15.4 Å². The van der Waals surface area contributed by atoms with E-state index in [4.69, 9.17) is 4.74 Å². The highest BCUT2D eigenvalue weighted by molar-refractivity contribution is 5.95. The third-order valence-electron chi connectivity index (χ3n) is 6.13. The van der Waals surface area contributed by atoms with E-state index in [1.165, 1.54) is 6.07 Å². The van der Waals surface area contributed by atoms with E-state index in [0.717, 1.165) is 23.3 Å². The lowest BCUT2D eigenvalue weighted by atomic mass is 10.1. The van der Waals surface area contributed by atoms with Crippen LogP contribution >= 0.6 is 0 Å². The molecule has 0 unspecified atom stereocenters. The first-order valence-corrected chi connectivity index (χ1v) is 11.2. The van der Waals surface area contributed by atoms with Gasteiger partial charge in [0.05, 0.1) is 24.5 Å². The number of benzene rings is 2. The van der Waals surface area contributed by atoms with Crippen molar-refractivity contribution < 1.29 is 23.1 Å². The summed E-state index contributed by atoms with van der Waals surface area (Å²) in [4.78, 5) is 29.1. The third-order valence-corrected chi connectivity index (χ3v) is 6.13. The van der Waals surface area contributed by atoms with E-state index in [1.54, 1.807) is 15.8 Å². The van der Waals surface area contributed by atoms with Crippen molar-refractivity contribution in [1.82, 2.24) is 19.6 Å². The number of aryl methyl sites for hydroxylation is 1. The van der Waals surface area contributed by atoms with E-state index in [9.17, 15) is 18.4 Å². The molecule has 3 heterocycles. The molecule has 9 nitrogen and oxygen atoms in total. The zero-order valence-corrected chi connectivity index (χ0v) is 19.0. The standard InChI is InChI=1S/C24H24F2N6O3/c1-30-11-16(10-27-30)15-2-5-22-21(8-15)29-23(33)13-31-6-7-32(12-18(31)14-35-22)24(34)28-17-3-4-19(25)20(26)9-17/h2-5,8-11,18H,6-7,12-14H2,1H3,(H,28,34)(H,29,33)/t18-/m0/s1. The van der Waals surface area contributed by atoms with Crippen molar-refractivity contribution in [1.29, 1.82) is 0 Å². The number of carbonyl (C=O) groups excluding carboxylic acids is 2. The summed E-state index contributed by atoms with van der Waals surface area (Å²) in [5.41, 5.74) is 2.56. The molecule has 2 aromatic carbocycles. The normalized spacial score (nSPS) is 18.3. The number of amides is 3. The minimum Gasteiger partial charge on any atom is -0.490 e. The summed E-state index contributed by atoms with van der Waals surface area (Å²) in [6.07, 6.45) is 3.64. The lowest BCUT2D eigenvalue weighted by Crippen LogP contribution is -2.58. The van der Waals surface area contributed by atoms with Gasteiger partial charge in [0.2, 0.25) is 5.91 Å². The maximum Gasteiger partial charge on any atom is 0.321 e. The van der Waals surface area contributed by atoms with Crippen LogP contribution in [0.4, 0.5) is 25.0 Å². The summed E-state index contributed by atoms with van der Waals surface area (Å²) in [7, 11) is 1.84. The fourth-order valence-electron chi connectivity index (χ4n) is 4.28. The molecule has 0 bridgehead atoms. The number of carbonyl (C=O) groups is 2. The molecule has 3 aromatic rings. The molecule has 2 aliphatic rings. The zero-order chi connectivity index (χ0) is 24.5. The second-order valence-corrected chi connectivity index (χ2v) is 8.60. The van der Waals surface area contributed by atoms with Gasteiger partial charge in [-0.05, 0) is 29.8 Å². The number of halogens is 2. The summed E-state index contributed by atoms with van der Waals surface area (Å²) < 4.78 is 34.4. The number of hydrogen-bond donors (Lipinski definition) is 2. The average Bonchev–Trinajstić information content (AvgIpc) is 3.29. The quantitative estimate of drug-likeness (QED) is 0.586. The Labute approximate surface area is 200 Å². The van der Waals surface area contributed by atoms with Crippen LogP contribution in [0.5, 0.6) is 5.75 Å². The largest absolute Gasteiger partial charge is 0.490 e. The number of rotatable bonds is 2. The Hall–Kier alpha value is -3.99. The summed E-state index contributed by atoms with van der Waals surface area (Å²) >= 11 is 0. The van der Waals surface area contributed by atoms with Crippen molar-refractivity contribution in [3.8, 4) is 16.9 Å². The molecule has 1 fully saturated rings. The first-order valence-electron chi connectivity index (χ1n) is 11.2. The summed E-state index contributed by atoms with van der Waals surface area (Å²) in [5, 5.41) is 9.73. The molecule has 0 aliphatic carbocycles. The van der Waals surface area contributed by atoms with Crippen molar-refractivity contribution >= 4 is 23.3 Å². The second kappa shape index (κ2) is 9.34.